The van der Waals surface area contributed by atoms with Crippen LogP contribution in [0.4, 0.5) is 5.95 Å². The minimum absolute atomic E-state index is 0.300. The number of aromatic amines is 1. The van der Waals surface area contributed by atoms with E-state index in [0.717, 1.165) is 0 Å². The molecular weight excluding hydrogens is 204 g/mol. The van der Waals surface area contributed by atoms with E-state index in [0.29, 0.717) is 28.6 Å². The average molecular weight is 212 g/mol. The summed E-state index contributed by atoms with van der Waals surface area (Å²) in [5.74, 6) is 1.94. The Morgan fingerprint density at radius 1 is 1.50 bits per heavy atom. The highest BCUT2D eigenvalue weighted by Crippen LogP contribution is 2.18. The van der Waals surface area contributed by atoms with Gasteiger partial charge in [-0.25, -0.2) is 5.10 Å². The van der Waals surface area contributed by atoms with Crippen LogP contribution in [0.2, 0.25) is 0 Å². The molecule has 0 aliphatic carbocycles. The molecule has 0 amide bonds. The Kier molecular flexibility index (Phi) is 2.35. The summed E-state index contributed by atoms with van der Waals surface area (Å²) in [6.45, 7) is 1.74. The summed E-state index contributed by atoms with van der Waals surface area (Å²) in [6, 6.07) is 0. The van der Waals surface area contributed by atoms with E-state index in [1.165, 1.54) is 11.8 Å². The molecule has 0 bridgehead atoms. The van der Waals surface area contributed by atoms with E-state index in [1.807, 2.05) is 0 Å². The average Bonchev–Trinajstić information content (AvgIpc) is 2.72. The van der Waals surface area contributed by atoms with Crippen molar-refractivity contribution in [2.45, 2.75) is 17.8 Å². The van der Waals surface area contributed by atoms with Crippen LogP contribution >= 0.6 is 11.8 Å². The number of anilines is 1. The second kappa shape index (κ2) is 3.66. The van der Waals surface area contributed by atoms with Gasteiger partial charge in [-0.2, -0.15) is 4.98 Å². The van der Waals surface area contributed by atoms with Crippen molar-refractivity contribution < 1.29 is 4.42 Å². The first kappa shape index (κ1) is 9.00. The summed E-state index contributed by atoms with van der Waals surface area (Å²) >= 11 is 1.38. The van der Waals surface area contributed by atoms with Crippen molar-refractivity contribution >= 4 is 17.7 Å². The van der Waals surface area contributed by atoms with Gasteiger partial charge in [-0.1, -0.05) is 11.8 Å². The number of aromatic nitrogens is 5. The third-order valence-electron chi connectivity index (χ3n) is 1.37. The minimum Gasteiger partial charge on any atom is -0.425 e. The molecule has 0 fully saturated rings. The fourth-order valence-electron chi connectivity index (χ4n) is 0.845. The Hall–Kier alpha value is -1.57. The van der Waals surface area contributed by atoms with Crippen molar-refractivity contribution in [1.82, 2.24) is 25.4 Å². The van der Waals surface area contributed by atoms with E-state index in [2.05, 4.69) is 25.4 Å². The van der Waals surface area contributed by atoms with Gasteiger partial charge >= 0.3 is 0 Å². The fraction of sp³-hybridized carbons (Fsp3) is 0.333. The molecule has 0 radical (unpaired) electrons. The van der Waals surface area contributed by atoms with Crippen LogP contribution in [0.3, 0.4) is 0 Å². The Morgan fingerprint density at radius 2 is 2.36 bits per heavy atom. The molecule has 74 valence electrons. The van der Waals surface area contributed by atoms with E-state index >= 15 is 0 Å². The fourth-order valence-corrected chi connectivity index (χ4v) is 1.49. The monoisotopic (exact) mass is 212 g/mol. The smallest absolute Gasteiger partial charge is 0.226 e. The van der Waals surface area contributed by atoms with Crippen molar-refractivity contribution in [2.24, 2.45) is 0 Å². The molecule has 3 N–H and O–H groups in total. The number of nitrogen functional groups attached to an aromatic ring is 1. The van der Waals surface area contributed by atoms with Crippen molar-refractivity contribution in [3.8, 4) is 0 Å². The molecule has 14 heavy (non-hydrogen) atoms. The lowest BCUT2D eigenvalue weighted by Gasteiger charge is -1.88. The van der Waals surface area contributed by atoms with E-state index < -0.39 is 0 Å². The van der Waals surface area contributed by atoms with E-state index in [-0.39, 0.29) is 0 Å². The molecule has 0 saturated carbocycles. The van der Waals surface area contributed by atoms with Crippen molar-refractivity contribution in [3.63, 3.8) is 0 Å². The molecule has 0 aliphatic heterocycles. The SMILES string of the molecule is Cc1nnc(CSc2n[nH]c(N)n2)o1. The quantitative estimate of drug-likeness (QED) is 0.708. The molecule has 0 unspecified atom stereocenters. The third-order valence-corrected chi connectivity index (χ3v) is 2.21. The van der Waals surface area contributed by atoms with Gasteiger partial charge in [-0.15, -0.1) is 15.3 Å². The molecular formula is C6H8N6OS. The molecule has 0 saturated heterocycles. The van der Waals surface area contributed by atoms with Crippen LogP contribution in [0.1, 0.15) is 11.8 Å². The molecule has 2 rings (SSSR count). The minimum atomic E-state index is 0.300. The van der Waals surface area contributed by atoms with E-state index in [9.17, 15) is 0 Å². The third kappa shape index (κ3) is 2.02. The van der Waals surface area contributed by atoms with Gasteiger partial charge < -0.3 is 10.2 Å². The molecule has 0 aliphatic rings. The van der Waals surface area contributed by atoms with Crippen LogP contribution in [0, 0.1) is 6.92 Å². The molecule has 0 spiro atoms. The van der Waals surface area contributed by atoms with Gasteiger partial charge in [0, 0.05) is 6.92 Å². The first-order chi connectivity index (χ1) is 6.74. The molecule has 0 aromatic carbocycles. The van der Waals surface area contributed by atoms with Crippen LogP contribution in [-0.4, -0.2) is 25.4 Å². The number of rotatable bonds is 3. The largest absolute Gasteiger partial charge is 0.425 e. The Morgan fingerprint density at radius 3 is 2.93 bits per heavy atom. The second-order valence-electron chi connectivity index (χ2n) is 2.51. The first-order valence-corrected chi connectivity index (χ1v) is 4.82. The van der Waals surface area contributed by atoms with Crippen LogP contribution in [0.5, 0.6) is 0 Å². The second-order valence-corrected chi connectivity index (χ2v) is 3.45. The predicted molar refractivity (Wildman–Crippen MR) is 49.4 cm³/mol. The Balaban J connectivity index is 1.94. The molecule has 2 heterocycles. The molecule has 2 aromatic rings. The number of aryl methyl sites for hydroxylation is 1. The summed E-state index contributed by atoms with van der Waals surface area (Å²) in [6.07, 6.45) is 0. The molecule has 7 nitrogen and oxygen atoms in total. The lowest BCUT2D eigenvalue weighted by atomic mass is 10.8. The number of nitrogens with two attached hydrogens (primary N) is 1. The molecule has 0 atom stereocenters. The zero-order chi connectivity index (χ0) is 9.97. The lowest BCUT2D eigenvalue weighted by Crippen LogP contribution is -1.85. The summed E-state index contributed by atoms with van der Waals surface area (Å²) < 4.78 is 5.17. The summed E-state index contributed by atoms with van der Waals surface area (Å²) in [7, 11) is 0. The van der Waals surface area contributed by atoms with Gasteiger partial charge in [0.1, 0.15) is 0 Å². The van der Waals surface area contributed by atoms with E-state index in [4.69, 9.17) is 10.2 Å². The highest BCUT2D eigenvalue weighted by Gasteiger charge is 2.06. The van der Waals surface area contributed by atoms with E-state index in [1.54, 1.807) is 6.92 Å². The Bertz CT molecular complexity index is 383. The maximum Gasteiger partial charge on any atom is 0.226 e. The number of thioether (sulfide) groups is 1. The first-order valence-electron chi connectivity index (χ1n) is 3.83. The maximum absolute atomic E-state index is 5.36. The summed E-state index contributed by atoms with van der Waals surface area (Å²) in [5.41, 5.74) is 5.36. The number of hydrogen-bond acceptors (Lipinski definition) is 7. The van der Waals surface area contributed by atoms with Gasteiger partial charge in [0.2, 0.25) is 22.9 Å². The topological polar surface area (TPSA) is 107 Å². The summed E-state index contributed by atoms with van der Waals surface area (Å²) in [4.78, 5) is 3.92. The number of H-pyrrole nitrogens is 1. The van der Waals surface area contributed by atoms with Crippen molar-refractivity contribution in [1.29, 1.82) is 0 Å². The summed E-state index contributed by atoms with van der Waals surface area (Å²) in [5, 5.41) is 14.5. The van der Waals surface area contributed by atoms with Gasteiger partial charge in [0.05, 0.1) is 5.75 Å². The Labute approximate surface area is 83.5 Å². The number of hydrogen-bond donors (Lipinski definition) is 2. The van der Waals surface area contributed by atoms with Gasteiger partial charge in [0.15, 0.2) is 0 Å². The highest BCUT2D eigenvalue weighted by atomic mass is 32.2. The van der Waals surface area contributed by atoms with Crippen LogP contribution < -0.4 is 5.73 Å². The normalized spacial score (nSPS) is 10.6. The predicted octanol–water partition coefficient (Wildman–Crippen LogP) is 0.371. The van der Waals surface area contributed by atoms with Crippen molar-refractivity contribution in [2.75, 3.05) is 5.73 Å². The van der Waals surface area contributed by atoms with Gasteiger partial charge in [0.25, 0.3) is 0 Å². The number of nitrogens with one attached hydrogen (secondary N) is 1. The lowest BCUT2D eigenvalue weighted by molar-refractivity contribution is 0.485. The number of nitrogens with zero attached hydrogens (tertiary/aromatic N) is 4. The van der Waals surface area contributed by atoms with Crippen LogP contribution in [-0.2, 0) is 5.75 Å². The highest BCUT2D eigenvalue weighted by molar-refractivity contribution is 7.98. The van der Waals surface area contributed by atoms with Crippen LogP contribution in [0.25, 0.3) is 0 Å². The molecule has 8 heteroatoms. The zero-order valence-electron chi connectivity index (χ0n) is 7.39. The van der Waals surface area contributed by atoms with Crippen molar-refractivity contribution in [3.05, 3.63) is 11.8 Å². The standard InChI is InChI=1S/C6H8N6OS/c1-3-9-10-4(13-3)2-14-6-8-5(7)11-12-6/h2H2,1H3,(H3,7,8,11,12). The maximum atomic E-state index is 5.36. The van der Waals surface area contributed by atoms with Gasteiger partial charge in [-0.3, -0.25) is 0 Å². The molecule has 2 aromatic heterocycles. The zero-order valence-corrected chi connectivity index (χ0v) is 8.21. The van der Waals surface area contributed by atoms with Gasteiger partial charge in [-0.05, 0) is 0 Å². The van der Waals surface area contributed by atoms with Crippen LogP contribution in [0.15, 0.2) is 9.57 Å².